The molecule has 1 N–H and O–H groups in total. The monoisotopic (exact) mass is 276 g/mol. The van der Waals surface area contributed by atoms with Gasteiger partial charge in [0, 0.05) is 31.2 Å². The Morgan fingerprint density at radius 1 is 1.11 bits per heavy atom. The van der Waals surface area contributed by atoms with Gasteiger partial charge in [-0.15, -0.1) is 0 Å². The number of halogens is 1. The molecule has 19 heavy (non-hydrogen) atoms. The maximum absolute atomic E-state index is 13.2. The van der Waals surface area contributed by atoms with Crippen LogP contribution in [0.3, 0.4) is 0 Å². The predicted octanol–water partition coefficient (Wildman–Crippen LogP) is 3.37. The van der Waals surface area contributed by atoms with Crippen LogP contribution in [-0.4, -0.2) is 11.2 Å². The average molecular weight is 276 g/mol. The lowest BCUT2D eigenvalue weighted by molar-refractivity contribution is 0.622. The Labute approximate surface area is 117 Å². The van der Waals surface area contributed by atoms with Crippen LogP contribution >= 0.6 is 11.8 Å². The smallest absolute Gasteiger partial charge is 0.123 e. The van der Waals surface area contributed by atoms with E-state index in [1.807, 2.05) is 24.5 Å². The number of benzene rings is 1. The van der Waals surface area contributed by atoms with Gasteiger partial charge in [-0.3, -0.25) is 4.98 Å². The molecule has 0 saturated carbocycles. The maximum Gasteiger partial charge on any atom is 0.123 e. The third kappa shape index (κ3) is 4.33. The molecule has 0 spiro atoms. The van der Waals surface area contributed by atoms with Crippen LogP contribution < -0.4 is 5.32 Å². The van der Waals surface area contributed by atoms with Crippen LogP contribution in [0.25, 0.3) is 0 Å². The number of hydrogen-bond acceptors (Lipinski definition) is 3. The van der Waals surface area contributed by atoms with Crippen molar-refractivity contribution < 1.29 is 4.39 Å². The largest absolute Gasteiger partial charge is 0.309 e. The molecule has 2 rings (SSSR count). The number of hydrogen-bond donors (Lipinski definition) is 1. The Bertz CT molecular complexity index is 517. The molecule has 2 aromatic rings. The molecule has 100 valence electrons. The molecule has 0 fully saturated rings. The molecule has 0 amide bonds. The Morgan fingerprint density at radius 3 is 2.63 bits per heavy atom. The highest BCUT2D eigenvalue weighted by Gasteiger charge is 2.03. The van der Waals surface area contributed by atoms with Crippen LogP contribution in [0.2, 0.25) is 0 Å². The Kier molecular flexibility index (Phi) is 5.36. The van der Waals surface area contributed by atoms with Gasteiger partial charge in [0.25, 0.3) is 0 Å². The van der Waals surface area contributed by atoms with E-state index >= 15 is 0 Å². The molecular weight excluding hydrogens is 259 g/mol. The van der Waals surface area contributed by atoms with Gasteiger partial charge in [0.05, 0.1) is 0 Å². The number of pyridine rings is 1. The number of rotatable bonds is 6. The van der Waals surface area contributed by atoms with Gasteiger partial charge in [-0.05, 0) is 47.2 Å². The first kappa shape index (κ1) is 14.0. The van der Waals surface area contributed by atoms with E-state index in [0.717, 1.165) is 30.0 Å². The summed E-state index contributed by atoms with van der Waals surface area (Å²) in [5.41, 5.74) is 3.42. The zero-order chi connectivity index (χ0) is 13.5. The van der Waals surface area contributed by atoms with E-state index in [1.54, 1.807) is 30.2 Å². The zero-order valence-electron chi connectivity index (χ0n) is 10.9. The van der Waals surface area contributed by atoms with Crippen molar-refractivity contribution in [3.63, 3.8) is 0 Å². The lowest BCUT2D eigenvalue weighted by Gasteiger charge is -2.10. The normalized spacial score (nSPS) is 10.6. The van der Waals surface area contributed by atoms with Crippen molar-refractivity contribution in [2.45, 2.75) is 18.8 Å². The summed E-state index contributed by atoms with van der Waals surface area (Å²) in [6.07, 6.45) is 5.60. The SMILES string of the molecule is CSCc1cc(F)ccc1CNCc1ccncc1. The first-order chi connectivity index (χ1) is 9.29. The van der Waals surface area contributed by atoms with E-state index in [9.17, 15) is 4.39 Å². The Hall–Kier alpha value is -1.39. The van der Waals surface area contributed by atoms with Gasteiger partial charge in [0.1, 0.15) is 5.82 Å². The summed E-state index contributed by atoms with van der Waals surface area (Å²) >= 11 is 1.70. The fourth-order valence-corrected chi connectivity index (χ4v) is 2.48. The quantitative estimate of drug-likeness (QED) is 0.875. The minimum absolute atomic E-state index is 0.165. The van der Waals surface area contributed by atoms with Gasteiger partial charge in [-0.25, -0.2) is 4.39 Å². The van der Waals surface area contributed by atoms with Crippen molar-refractivity contribution in [2.75, 3.05) is 6.26 Å². The van der Waals surface area contributed by atoms with Crippen molar-refractivity contribution in [3.8, 4) is 0 Å². The molecule has 4 heteroatoms. The third-order valence-electron chi connectivity index (χ3n) is 2.86. The van der Waals surface area contributed by atoms with E-state index in [2.05, 4.69) is 10.3 Å². The van der Waals surface area contributed by atoms with Crippen LogP contribution in [0.5, 0.6) is 0 Å². The topological polar surface area (TPSA) is 24.9 Å². The van der Waals surface area contributed by atoms with Gasteiger partial charge in [0.2, 0.25) is 0 Å². The number of thioether (sulfide) groups is 1. The fraction of sp³-hybridized carbons (Fsp3) is 0.267. The fourth-order valence-electron chi connectivity index (χ4n) is 1.90. The molecule has 0 aliphatic heterocycles. The van der Waals surface area contributed by atoms with Crippen LogP contribution in [0.15, 0.2) is 42.7 Å². The van der Waals surface area contributed by atoms with Crippen LogP contribution in [-0.2, 0) is 18.8 Å². The van der Waals surface area contributed by atoms with Gasteiger partial charge >= 0.3 is 0 Å². The predicted molar refractivity (Wildman–Crippen MR) is 78.4 cm³/mol. The Balaban J connectivity index is 1.95. The Morgan fingerprint density at radius 2 is 1.89 bits per heavy atom. The summed E-state index contributed by atoms with van der Waals surface area (Å²) in [6, 6.07) is 8.98. The minimum atomic E-state index is -0.165. The van der Waals surface area contributed by atoms with Gasteiger partial charge in [0.15, 0.2) is 0 Å². The number of nitrogens with one attached hydrogen (secondary N) is 1. The van der Waals surface area contributed by atoms with E-state index in [-0.39, 0.29) is 5.82 Å². The van der Waals surface area contributed by atoms with E-state index in [4.69, 9.17) is 0 Å². The summed E-state index contributed by atoms with van der Waals surface area (Å²) in [7, 11) is 0. The van der Waals surface area contributed by atoms with E-state index in [0.29, 0.717) is 0 Å². The lowest BCUT2D eigenvalue weighted by atomic mass is 10.1. The highest BCUT2D eigenvalue weighted by Crippen LogP contribution is 2.16. The van der Waals surface area contributed by atoms with Gasteiger partial charge in [-0.2, -0.15) is 11.8 Å². The highest BCUT2D eigenvalue weighted by molar-refractivity contribution is 7.97. The molecular formula is C15H17FN2S. The van der Waals surface area contributed by atoms with Crippen LogP contribution in [0.1, 0.15) is 16.7 Å². The molecule has 0 atom stereocenters. The second kappa shape index (κ2) is 7.26. The second-order valence-electron chi connectivity index (χ2n) is 4.31. The van der Waals surface area contributed by atoms with Crippen molar-refractivity contribution in [1.82, 2.24) is 10.3 Å². The summed E-state index contributed by atoms with van der Waals surface area (Å²) < 4.78 is 13.2. The maximum atomic E-state index is 13.2. The van der Waals surface area contributed by atoms with Gasteiger partial charge < -0.3 is 5.32 Å². The van der Waals surface area contributed by atoms with E-state index < -0.39 is 0 Å². The number of aromatic nitrogens is 1. The molecule has 0 radical (unpaired) electrons. The standard InChI is InChI=1S/C15H17FN2S/c1-19-11-14-8-15(16)3-2-13(14)10-18-9-12-4-6-17-7-5-12/h2-8,18H,9-11H2,1H3. The molecule has 1 aromatic carbocycles. The third-order valence-corrected chi connectivity index (χ3v) is 3.46. The summed E-state index contributed by atoms with van der Waals surface area (Å²) in [5.74, 6) is 0.672. The summed E-state index contributed by atoms with van der Waals surface area (Å²) in [4.78, 5) is 3.99. The summed E-state index contributed by atoms with van der Waals surface area (Å²) in [6.45, 7) is 1.54. The second-order valence-corrected chi connectivity index (χ2v) is 5.17. The average Bonchev–Trinajstić information content (AvgIpc) is 2.43. The van der Waals surface area contributed by atoms with E-state index in [1.165, 1.54) is 11.6 Å². The molecule has 0 aliphatic rings. The van der Waals surface area contributed by atoms with Crippen molar-refractivity contribution in [3.05, 3.63) is 65.2 Å². The van der Waals surface area contributed by atoms with Crippen molar-refractivity contribution in [2.24, 2.45) is 0 Å². The first-order valence-corrected chi connectivity index (χ1v) is 7.55. The van der Waals surface area contributed by atoms with Crippen molar-refractivity contribution in [1.29, 1.82) is 0 Å². The van der Waals surface area contributed by atoms with Gasteiger partial charge in [-0.1, -0.05) is 6.07 Å². The molecule has 0 aliphatic carbocycles. The molecule has 0 bridgehead atoms. The zero-order valence-corrected chi connectivity index (χ0v) is 11.7. The molecule has 0 saturated heterocycles. The van der Waals surface area contributed by atoms with Crippen LogP contribution in [0.4, 0.5) is 4.39 Å². The molecule has 0 unspecified atom stereocenters. The lowest BCUT2D eigenvalue weighted by Crippen LogP contribution is -2.14. The molecule has 2 nitrogen and oxygen atoms in total. The molecule has 1 heterocycles. The van der Waals surface area contributed by atoms with Crippen LogP contribution in [0, 0.1) is 5.82 Å². The highest BCUT2D eigenvalue weighted by atomic mass is 32.2. The summed E-state index contributed by atoms with van der Waals surface area (Å²) in [5, 5.41) is 3.38. The first-order valence-electron chi connectivity index (χ1n) is 6.15. The number of nitrogens with zero attached hydrogens (tertiary/aromatic N) is 1. The minimum Gasteiger partial charge on any atom is -0.309 e. The molecule has 1 aromatic heterocycles. The van der Waals surface area contributed by atoms with Crippen molar-refractivity contribution >= 4 is 11.8 Å².